The predicted molar refractivity (Wildman–Crippen MR) is 84.1 cm³/mol. The Morgan fingerprint density at radius 3 is 3.09 bits per heavy atom. The molecule has 0 aliphatic heterocycles. The number of nitrogens with one attached hydrogen (secondary N) is 2. The summed E-state index contributed by atoms with van der Waals surface area (Å²) in [6, 6.07) is 6.41. The van der Waals surface area contributed by atoms with E-state index in [1.54, 1.807) is 6.33 Å². The second-order valence-corrected chi connectivity index (χ2v) is 5.38. The van der Waals surface area contributed by atoms with Gasteiger partial charge in [-0.3, -0.25) is 0 Å². The van der Waals surface area contributed by atoms with Crippen molar-refractivity contribution >= 4 is 17.0 Å². The van der Waals surface area contributed by atoms with Crippen LogP contribution in [0.4, 0.5) is 5.82 Å². The van der Waals surface area contributed by atoms with Crippen LogP contribution in [0, 0.1) is 0 Å². The molecular formula is C16H17N5O. The maximum atomic E-state index is 5.81. The molecule has 0 unspecified atom stereocenters. The van der Waals surface area contributed by atoms with Crippen LogP contribution in [0.15, 0.2) is 30.9 Å². The van der Waals surface area contributed by atoms with Crippen molar-refractivity contribution in [3.05, 3.63) is 42.0 Å². The lowest BCUT2D eigenvalue weighted by molar-refractivity contribution is 0.332. The zero-order chi connectivity index (χ0) is 14.8. The average molecular weight is 295 g/mol. The SMILES string of the molecule is c1nc(NCCOc2ccc3c(c2)CCC3)c2[nH]cnc2n1. The molecule has 2 aromatic heterocycles. The second-order valence-electron chi connectivity index (χ2n) is 5.38. The summed E-state index contributed by atoms with van der Waals surface area (Å²) in [4.78, 5) is 15.5. The van der Waals surface area contributed by atoms with Crippen LogP contribution in [0.1, 0.15) is 17.5 Å². The Morgan fingerprint density at radius 2 is 2.09 bits per heavy atom. The summed E-state index contributed by atoms with van der Waals surface area (Å²) >= 11 is 0. The van der Waals surface area contributed by atoms with Gasteiger partial charge in [0.25, 0.3) is 0 Å². The van der Waals surface area contributed by atoms with Crippen LogP contribution in [-0.4, -0.2) is 33.1 Å². The van der Waals surface area contributed by atoms with Crippen molar-refractivity contribution in [1.82, 2.24) is 19.9 Å². The van der Waals surface area contributed by atoms with Gasteiger partial charge in [0, 0.05) is 0 Å². The van der Waals surface area contributed by atoms with Crippen LogP contribution in [0.2, 0.25) is 0 Å². The maximum Gasteiger partial charge on any atom is 0.182 e. The quantitative estimate of drug-likeness (QED) is 0.707. The molecule has 0 atom stereocenters. The summed E-state index contributed by atoms with van der Waals surface area (Å²) in [5, 5.41) is 3.25. The van der Waals surface area contributed by atoms with Gasteiger partial charge in [-0.05, 0) is 42.5 Å². The monoisotopic (exact) mass is 295 g/mol. The first kappa shape index (κ1) is 13.1. The summed E-state index contributed by atoms with van der Waals surface area (Å²) in [5.41, 5.74) is 4.38. The molecule has 0 saturated carbocycles. The van der Waals surface area contributed by atoms with Crippen molar-refractivity contribution in [2.24, 2.45) is 0 Å². The molecule has 4 rings (SSSR count). The highest BCUT2D eigenvalue weighted by molar-refractivity contribution is 5.81. The molecule has 0 spiro atoms. The summed E-state index contributed by atoms with van der Waals surface area (Å²) in [7, 11) is 0. The van der Waals surface area contributed by atoms with Gasteiger partial charge in [0.15, 0.2) is 11.5 Å². The Hall–Kier alpha value is -2.63. The lowest BCUT2D eigenvalue weighted by Gasteiger charge is -2.09. The van der Waals surface area contributed by atoms with E-state index in [9.17, 15) is 0 Å². The first-order valence-electron chi connectivity index (χ1n) is 7.53. The van der Waals surface area contributed by atoms with Gasteiger partial charge >= 0.3 is 0 Å². The molecule has 6 nitrogen and oxygen atoms in total. The van der Waals surface area contributed by atoms with Crippen molar-refractivity contribution in [2.75, 3.05) is 18.5 Å². The van der Waals surface area contributed by atoms with E-state index in [2.05, 4.69) is 43.5 Å². The van der Waals surface area contributed by atoms with Gasteiger partial charge in [0.2, 0.25) is 0 Å². The Labute approximate surface area is 128 Å². The number of H-pyrrole nitrogens is 1. The number of hydrogen-bond donors (Lipinski definition) is 2. The topological polar surface area (TPSA) is 75.7 Å². The smallest absolute Gasteiger partial charge is 0.182 e. The van der Waals surface area contributed by atoms with Gasteiger partial charge in [0.1, 0.15) is 24.2 Å². The van der Waals surface area contributed by atoms with E-state index in [1.165, 1.54) is 36.7 Å². The van der Waals surface area contributed by atoms with Crippen LogP contribution in [-0.2, 0) is 12.8 Å². The standard InChI is InChI=1S/C16H17N5O/c1-2-11-4-5-13(8-12(11)3-1)22-7-6-17-15-14-16(19-9-18-14)21-10-20-15/h4-5,8-10H,1-3,6-7H2,(H2,17,18,19,20,21). The Kier molecular flexibility index (Phi) is 3.34. The minimum atomic E-state index is 0.582. The van der Waals surface area contributed by atoms with Crippen molar-refractivity contribution in [1.29, 1.82) is 0 Å². The molecule has 2 N–H and O–H groups in total. The molecule has 1 aliphatic carbocycles. The normalized spacial score (nSPS) is 13.3. The summed E-state index contributed by atoms with van der Waals surface area (Å²) < 4.78 is 5.81. The van der Waals surface area contributed by atoms with E-state index in [-0.39, 0.29) is 0 Å². The fraction of sp³-hybridized carbons (Fsp3) is 0.312. The maximum absolute atomic E-state index is 5.81. The number of aryl methyl sites for hydroxylation is 2. The number of fused-ring (bicyclic) bond motifs is 2. The third-order valence-electron chi connectivity index (χ3n) is 3.96. The molecule has 0 radical (unpaired) electrons. The first-order valence-corrected chi connectivity index (χ1v) is 7.53. The minimum Gasteiger partial charge on any atom is -0.492 e. The second kappa shape index (κ2) is 5.63. The van der Waals surface area contributed by atoms with E-state index < -0.39 is 0 Å². The van der Waals surface area contributed by atoms with Gasteiger partial charge in [-0.15, -0.1) is 0 Å². The van der Waals surface area contributed by atoms with Crippen LogP contribution in [0.5, 0.6) is 5.75 Å². The number of nitrogens with zero attached hydrogens (tertiary/aromatic N) is 3. The molecule has 3 aromatic rings. The van der Waals surface area contributed by atoms with Crippen LogP contribution >= 0.6 is 0 Å². The minimum absolute atomic E-state index is 0.582. The largest absolute Gasteiger partial charge is 0.492 e. The number of aromatic amines is 1. The molecular weight excluding hydrogens is 278 g/mol. The summed E-state index contributed by atoms with van der Waals surface area (Å²) in [5.74, 6) is 1.69. The van der Waals surface area contributed by atoms with Crippen molar-refractivity contribution in [2.45, 2.75) is 19.3 Å². The Bertz CT molecular complexity index is 798. The highest BCUT2D eigenvalue weighted by atomic mass is 16.5. The zero-order valence-corrected chi connectivity index (χ0v) is 12.2. The third kappa shape index (κ3) is 2.47. The van der Waals surface area contributed by atoms with Crippen LogP contribution in [0.3, 0.4) is 0 Å². The molecule has 1 aliphatic rings. The Morgan fingerprint density at radius 1 is 1.14 bits per heavy atom. The number of rotatable bonds is 5. The van der Waals surface area contributed by atoms with E-state index in [4.69, 9.17) is 4.74 Å². The Balaban J connectivity index is 1.35. The van der Waals surface area contributed by atoms with Crippen LogP contribution < -0.4 is 10.1 Å². The van der Waals surface area contributed by atoms with Gasteiger partial charge in [0.05, 0.1) is 12.9 Å². The van der Waals surface area contributed by atoms with Gasteiger partial charge in [-0.25, -0.2) is 15.0 Å². The highest BCUT2D eigenvalue weighted by Gasteiger charge is 2.11. The summed E-state index contributed by atoms with van der Waals surface area (Å²) in [6.45, 7) is 1.25. The molecule has 1 aromatic carbocycles. The van der Waals surface area contributed by atoms with Gasteiger partial charge in [-0.2, -0.15) is 0 Å². The van der Waals surface area contributed by atoms with Crippen molar-refractivity contribution in [3.8, 4) is 5.75 Å². The molecule has 6 heteroatoms. The van der Waals surface area contributed by atoms with Gasteiger partial charge in [-0.1, -0.05) is 6.07 Å². The fourth-order valence-electron chi connectivity index (χ4n) is 2.88. The first-order chi connectivity index (χ1) is 10.9. The zero-order valence-electron chi connectivity index (χ0n) is 12.2. The highest BCUT2D eigenvalue weighted by Crippen LogP contribution is 2.26. The van der Waals surface area contributed by atoms with E-state index in [0.717, 1.165) is 17.1 Å². The van der Waals surface area contributed by atoms with E-state index >= 15 is 0 Å². The molecule has 112 valence electrons. The van der Waals surface area contributed by atoms with Crippen molar-refractivity contribution in [3.63, 3.8) is 0 Å². The number of imidazole rings is 1. The van der Waals surface area contributed by atoms with Crippen LogP contribution in [0.25, 0.3) is 11.2 Å². The molecule has 0 amide bonds. The molecule has 2 heterocycles. The van der Waals surface area contributed by atoms with E-state index in [0.29, 0.717) is 18.8 Å². The predicted octanol–water partition coefficient (Wildman–Crippen LogP) is 2.33. The van der Waals surface area contributed by atoms with E-state index in [1.807, 2.05) is 0 Å². The molecule has 22 heavy (non-hydrogen) atoms. The lowest BCUT2D eigenvalue weighted by Crippen LogP contribution is -2.12. The number of aromatic nitrogens is 4. The van der Waals surface area contributed by atoms with Gasteiger partial charge < -0.3 is 15.0 Å². The number of benzene rings is 1. The number of ether oxygens (including phenoxy) is 1. The fourth-order valence-corrected chi connectivity index (χ4v) is 2.88. The molecule has 0 bridgehead atoms. The number of anilines is 1. The third-order valence-corrected chi connectivity index (χ3v) is 3.96. The molecule has 0 saturated heterocycles. The number of hydrogen-bond acceptors (Lipinski definition) is 5. The lowest BCUT2D eigenvalue weighted by atomic mass is 10.1. The summed E-state index contributed by atoms with van der Waals surface area (Å²) in [6.07, 6.45) is 6.75. The molecule has 0 fully saturated rings. The van der Waals surface area contributed by atoms with Crippen molar-refractivity contribution < 1.29 is 4.74 Å². The average Bonchev–Trinajstić information content (AvgIpc) is 3.19.